The van der Waals surface area contributed by atoms with Crippen LogP contribution in [0.5, 0.6) is 0 Å². The van der Waals surface area contributed by atoms with Crippen LogP contribution in [0.1, 0.15) is 11.3 Å². The molecular formula is C22H14BrFN2O4. The minimum absolute atomic E-state index is 0.241. The topological polar surface area (TPSA) is 79.6 Å². The van der Waals surface area contributed by atoms with Gasteiger partial charge in [-0.15, -0.1) is 0 Å². The number of imide groups is 2. The largest absolute Gasteiger partial charge is 0.457 e. The van der Waals surface area contributed by atoms with E-state index in [-0.39, 0.29) is 17.2 Å². The number of carbonyl (C=O) groups is 3. The van der Waals surface area contributed by atoms with Crippen LogP contribution in [0.4, 0.5) is 14.9 Å². The van der Waals surface area contributed by atoms with Gasteiger partial charge in [0, 0.05) is 10.0 Å². The van der Waals surface area contributed by atoms with E-state index in [9.17, 15) is 18.8 Å². The Hall–Kier alpha value is -3.52. The fraction of sp³-hybridized carbons (Fsp3) is 0.0455. The van der Waals surface area contributed by atoms with E-state index in [2.05, 4.69) is 21.2 Å². The van der Waals surface area contributed by atoms with Gasteiger partial charge in [0.1, 0.15) is 22.9 Å². The molecule has 0 atom stereocenters. The second-order valence-electron chi connectivity index (χ2n) is 6.60. The Labute approximate surface area is 179 Å². The molecule has 0 aliphatic carbocycles. The van der Waals surface area contributed by atoms with Crippen LogP contribution in [0, 0.1) is 12.7 Å². The van der Waals surface area contributed by atoms with E-state index in [4.69, 9.17) is 4.42 Å². The van der Waals surface area contributed by atoms with Crippen LogP contribution in [-0.2, 0) is 9.59 Å². The molecule has 4 rings (SSSR count). The summed E-state index contributed by atoms with van der Waals surface area (Å²) in [6.07, 6.45) is 1.27. The van der Waals surface area contributed by atoms with Gasteiger partial charge in [0.25, 0.3) is 11.8 Å². The lowest BCUT2D eigenvalue weighted by Crippen LogP contribution is -2.54. The number of benzene rings is 2. The van der Waals surface area contributed by atoms with Crippen molar-refractivity contribution in [2.75, 3.05) is 4.90 Å². The number of anilines is 1. The number of hydrogen-bond acceptors (Lipinski definition) is 4. The molecule has 0 spiro atoms. The number of carbonyl (C=O) groups excluding carboxylic acids is 3. The normalized spacial score (nSPS) is 15.6. The maximum Gasteiger partial charge on any atom is 0.335 e. The maximum atomic E-state index is 13.1. The zero-order chi connectivity index (χ0) is 21.4. The Kier molecular flexibility index (Phi) is 5.09. The van der Waals surface area contributed by atoms with E-state index < -0.39 is 17.8 Å². The standard InChI is InChI=1S/C22H14BrFN2O4/c1-12-10-15(6-8-18(12)23)26-21(28)17(20(27)25-22(26)29)11-16-7-9-19(30-16)13-2-4-14(24)5-3-13/h2-11H,1H3,(H,25,27,29)/b17-11+. The fourth-order valence-electron chi connectivity index (χ4n) is 3.00. The van der Waals surface area contributed by atoms with Crippen molar-refractivity contribution in [2.45, 2.75) is 6.92 Å². The summed E-state index contributed by atoms with van der Waals surface area (Å²) in [6, 6.07) is 13.1. The van der Waals surface area contributed by atoms with Gasteiger partial charge in [0.2, 0.25) is 0 Å². The zero-order valence-corrected chi connectivity index (χ0v) is 17.2. The number of nitrogens with one attached hydrogen (secondary N) is 1. The molecule has 0 saturated carbocycles. The first-order valence-electron chi connectivity index (χ1n) is 8.87. The van der Waals surface area contributed by atoms with E-state index in [0.717, 1.165) is 14.9 Å². The van der Waals surface area contributed by atoms with Crippen LogP contribution in [0.25, 0.3) is 17.4 Å². The van der Waals surface area contributed by atoms with Crippen molar-refractivity contribution in [1.82, 2.24) is 5.32 Å². The summed E-state index contributed by atoms with van der Waals surface area (Å²) in [5.41, 5.74) is 1.56. The molecule has 4 amide bonds. The predicted molar refractivity (Wildman–Crippen MR) is 112 cm³/mol. The number of amides is 4. The third-order valence-corrected chi connectivity index (χ3v) is 5.43. The van der Waals surface area contributed by atoms with Gasteiger partial charge in [0.15, 0.2) is 0 Å². The van der Waals surface area contributed by atoms with Crippen LogP contribution in [0.15, 0.2) is 69.1 Å². The average molecular weight is 469 g/mol. The smallest absolute Gasteiger partial charge is 0.335 e. The molecule has 1 aliphatic rings. The highest BCUT2D eigenvalue weighted by atomic mass is 79.9. The molecule has 1 N–H and O–H groups in total. The fourth-order valence-corrected chi connectivity index (χ4v) is 3.25. The van der Waals surface area contributed by atoms with E-state index in [1.165, 1.54) is 18.2 Å². The van der Waals surface area contributed by atoms with Crippen molar-refractivity contribution in [3.8, 4) is 11.3 Å². The van der Waals surface area contributed by atoms with Crippen LogP contribution < -0.4 is 10.2 Å². The van der Waals surface area contributed by atoms with Crippen molar-refractivity contribution in [3.05, 3.63) is 81.8 Å². The predicted octanol–water partition coefficient (Wildman–Crippen LogP) is 4.82. The van der Waals surface area contributed by atoms with E-state index >= 15 is 0 Å². The van der Waals surface area contributed by atoms with Gasteiger partial charge >= 0.3 is 6.03 Å². The first-order chi connectivity index (χ1) is 14.3. The Morgan fingerprint density at radius 1 is 1.03 bits per heavy atom. The van der Waals surface area contributed by atoms with Gasteiger partial charge in [-0.25, -0.2) is 14.1 Å². The molecule has 8 heteroatoms. The lowest BCUT2D eigenvalue weighted by molar-refractivity contribution is -0.122. The van der Waals surface area contributed by atoms with Crippen molar-refractivity contribution >= 4 is 45.5 Å². The molecule has 0 bridgehead atoms. The van der Waals surface area contributed by atoms with Gasteiger partial charge in [-0.1, -0.05) is 15.9 Å². The van der Waals surface area contributed by atoms with E-state index in [1.54, 1.807) is 42.5 Å². The van der Waals surface area contributed by atoms with Crippen LogP contribution in [-0.4, -0.2) is 17.8 Å². The summed E-state index contributed by atoms with van der Waals surface area (Å²) in [5.74, 6) is -1.25. The van der Waals surface area contributed by atoms with Crippen LogP contribution in [0.3, 0.4) is 0 Å². The summed E-state index contributed by atoms with van der Waals surface area (Å²) in [6.45, 7) is 1.82. The SMILES string of the molecule is Cc1cc(N2C(=O)NC(=O)/C(=C\c3ccc(-c4ccc(F)cc4)o3)C2=O)ccc1Br. The summed E-state index contributed by atoms with van der Waals surface area (Å²) < 4.78 is 19.6. The van der Waals surface area contributed by atoms with Crippen molar-refractivity contribution in [2.24, 2.45) is 0 Å². The van der Waals surface area contributed by atoms with Crippen LogP contribution in [0.2, 0.25) is 0 Å². The molecule has 0 unspecified atom stereocenters. The Morgan fingerprint density at radius 3 is 2.47 bits per heavy atom. The molecule has 30 heavy (non-hydrogen) atoms. The van der Waals surface area contributed by atoms with E-state index in [0.29, 0.717) is 17.0 Å². The number of halogens is 2. The molecule has 6 nitrogen and oxygen atoms in total. The molecule has 0 radical (unpaired) electrons. The van der Waals surface area contributed by atoms with Crippen molar-refractivity contribution < 1.29 is 23.2 Å². The third kappa shape index (κ3) is 3.69. The van der Waals surface area contributed by atoms with Gasteiger partial charge < -0.3 is 4.42 Å². The minimum atomic E-state index is -0.824. The lowest BCUT2D eigenvalue weighted by Gasteiger charge is -2.26. The second kappa shape index (κ2) is 7.72. The highest BCUT2D eigenvalue weighted by molar-refractivity contribution is 9.10. The second-order valence-corrected chi connectivity index (χ2v) is 7.45. The maximum absolute atomic E-state index is 13.1. The van der Waals surface area contributed by atoms with Gasteiger partial charge in [-0.2, -0.15) is 0 Å². The third-order valence-electron chi connectivity index (χ3n) is 4.54. The quantitative estimate of drug-likeness (QED) is 0.441. The first kappa shape index (κ1) is 19.8. The van der Waals surface area contributed by atoms with E-state index in [1.807, 2.05) is 6.92 Å². The molecular weight excluding hydrogens is 455 g/mol. The van der Waals surface area contributed by atoms with Crippen molar-refractivity contribution in [1.29, 1.82) is 0 Å². The highest BCUT2D eigenvalue weighted by Crippen LogP contribution is 2.28. The highest BCUT2D eigenvalue weighted by Gasteiger charge is 2.37. The van der Waals surface area contributed by atoms with Gasteiger partial charge in [0.05, 0.1) is 5.69 Å². The number of hydrogen-bond donors (Lipinski definition) is 1. The number of furan rings is 1. The Bertz CT molecular complexity index is 1210. The first-order valence-corrected chi connectivity index (χ1v) is 9.66. The minimum Gasteiger partial charge on any atom is -0.457 e. The summed E-state index contributed by atoms with van der Waals surface area (Å²) in [5, 5.41) is 2.17. The summed E-state index contributed by atoms with van der Waals surface area (Å²) >= 11 is 3.37. The van der Waals surface area contributed by atoms with Gasteiger partial charge in [-0.3, -0.25) is 14.9 Å². The molecule has 1 aromatic heterocycles. The number of rotatable bonds is 3. The zero-order valence-electron chi connectivity index (χ0n) is 15.6. The molecule has 150 valence electrons. The monoisotopic (exact) mass is 468 g/mol. The molecule has 1 fully saturated rings. The summed E-state index contributed by atoms with van der Waals surface area (Å²) in [4.78, 5) is 38.4. The number of nitrogens with zero attached hydrogens (tertiary/aromatic N) is 1. The Balaban J connectivity index is 1.67. The van der Waals surface area contributed by atoms with Crippen molar-refractivity contribution in [3.63, 3.8) is 0 Å². The van der Waals surface area contributed by atoms with Crippen LogP contribution >= 0.6 is 15.9 Å². The molecule has 2 aromatic carbocycles. The molecule has 2 heterocycles. The molecule has 3 aromatic rings. The number of barbiturate groups is 1. The summed E-state index contributed by atoms with van der Waals surface area (Å²) in [7, 11) is 0. The number of aryl methyl sites for hydroxylation is 1. The number of urea groups is 1. The molecule has 1 saturated heterocycles. The average Bonchev–Trinajstić information content (AvgIpc) is 3.17. The Morgan fingerprint density at radius 2 is 1.77 bits per heavy atom. The molecule has 1 aliphatic heterocycles. The lowest BCUT2D eigenvalue weighted by atomic mass is 10.1. The van der Waals surface area contributed by atoms with Gasteiger partial charge in [-0.05, 0) is 73.2 Å².